The maximum absolute atomic E-state index is 13.2. The first-order valence-corrected chi connectivity index (χ1v) is 7.56. The van der Waals surface area contributed by atoms with Crippen molar-refractivity contribution in [2.24, 2.45) is 0 Å². The zero-order chi connectivity index (χ0) is 15.6. The Morgan fingerprint density at radius 2 is 1.86 bits per heavy atom. The van der Waals surface area contributed by atoms with Gasteiger partial charge in [-0.05, 0) is 36.4 Å². The van der Waals surface area contributed by atoms with E-state index in [4.69, 9.17) is 16.7 Å². The van der Waals surface area contributed by atoms with E-state index in [1.165, 1.54) is 6.07 Å². The first-order chi connectivity index (χ1) is 9.81. The Morgan fingerprint density at radius 1 is 1.14 bits per heavy atom. The van der Waals surface area contributed by atoms with Gasteiger partial charge in [0.2, 0.25) is 0 Å². The van der Waals surface area contributed by atoms with Crippen LogP contribution in [0.15, 0.2) is 41.3 Å². The van der Waals surface area contributed by atoms with Crippen molar-refractivity contribution in [3.05, 3.63) is 58.6 Å². The molecular formula is C13H10ClF2NO3S. The quantitative estimate of drug-likeness (QED) is 0.904. The molecule has 0 saturated heterocycles. The lowest BCUT2D eigenvalue weighted by Crippen LogP contribution is -2.13. The minimum Gasteiger partial charge on any atom is -0.392 e. The van der Waals surface area contributed by atoms with E-state index in [2.05, 4.69) is 4.72 Å². The Bertz CT molecular complexity index is 761. The number of hydrogen-bond acceptors (Lipinski definition) is 3. The maximum Gasteiger partial charge on any atom is 0.261 e. The Morgan fingerprint density at radius 3 is 2.48 bits per heavy atom. The van der Waals surface area contributed by atoms with E-state index in [9.17, 15) is 17.2 Å². The van der Waals surface area contributed by atoms with Crippen LogP contribution in [-0.2, 0) is 16.6 Å². The van der Waals surface area contributed by atoms with Gasteiger partial charge in [-0.3, -0.25) is 4.72 Å². The monoisotopic (exact) mass is 333 g/mol. The molecule has 0 saturated carbocycles. The number of rotatable bonds is 4. The molecule has 112 valence electrons. The summed E-state index contributed by atoms with van der Waals surface area (Å²) in [5, 5.41) is 8.98. The van der Waals surface area contributed by atoms with Gasteiger partial charge in [-0.2, -0.15) is 0 Å². The molecule has 0 atom stereocenters. The molecule has 4 nitrogen and oxygen atoms in total. The van der Waals surface area contributed by atoms with E-state index in [0.717, 1.165) is 30.3 Å². The van der Waals surface area contributed by atoms with E-state index >= 15 is 0 Å². The molecule has 0 aliphatic rings. The smallest absolute Gasteiger partial charge is 0.261 e. The topological polar surface area (TPSA) is 66.4 Å². The van der Waals surface area contributed by atoms with E-state index in [1.54, 1.807) is 0 Å². The van der Waals surface area contributed by atoms with Crippen molar-refractivity contribution in [1.29, 1.82) is 0 Å². The molecule has 0 spiro atoms. The third kappa shape index (κ3) is 3.69. The summed E-state index contributed by atoms with van der Waals surface area (Å²) in [5.74, 6) is -1.42. The molecule has 21 heavy (non-hydrogen) atoms. The lowest BCUT2D eigenvalue weighted by atomic mass is 10.2. The highest BCUT2D eigenvalue weighted by Crippen LogP contribution is 2.22. The van der Waals surface area contributed by atoms with Crippen LogP contribution in [0.4, 0.5) is 14.5 Å². The van der Waals surface area contributed by atoms with Crippen LogP contribution in [-0.4, -0.2) is 13.5 Å². The minimum atomic E-state index is -4.05. The predicted octanol–water partition coefficient (Wildman–Crippen LogP) is 2.91. The summed E-state index contributed by atoms with van der Waals surface area (Å²) >= 11 is 5.64. The normalized spacial score (nSPS) is 11.4. The second-order valence-electron chi connectivity index (χ2n) is 4.17. The standard InChI is InChI=1S/C13H10ClF2NO3S/c14-9-4-10(15)6-11(5-9)17-21(19,20)12-1-2-13(16)8(3-12)7-18/h1-6,17-18H,7H2. The van der Waals surface area contributed by atoms with Gasteiger partial charge in [-0.15, -0.1) is 0 Å². The molecular weight excluding hydrogens is 324 g/mol. The molecule has 0 fully saturated rings. The molecule has 8 heteroatoms. The summed E-state index contributed by atoms with van der Waals surface area (Å²) in [5.41, 5.74) is -0.218. The van der Waals surface area contributed by atoms with Crippen molar-refractivity contribution in [2.75, 3.05) is 4.72 Å². The maximum atomic E-state index is 13.2. The highest BCUT2D eigenvalue weighted by atomic mass is 35.5. The summed E-state index contributed by atoms with van der Waals surface area (Å²) in [7, 11) is -4.05. The average Bonchev–Trinajstić information content (AvgIpc) is 2.37. The van der Waals surface area contributed by atoms with Gasteiger partial charge in [-0.25, -0.2) is 17.2 Å². The van der Waals surface area contributed by atoms with E-state index in [-0.39, 0.29) is 21.2 Å². The molecule has 0 bridgehead atoms. The molecule has 0 radical (unpaired) electrons. The zero-order valence-electron chi connectivity index (χ0n) is 10.5. The van der Waals surface area contributed by atoms with Gasteiger partial charge in [0.25, 0.3) is 10.0 Å². The molecule has 0 aromatic heterocycles. The van der Waals surface area contributed by atoms with Crippen molar-refractivity contribution in [3.63, 3.8) is 0 Å². The number of aliphatic hydroxyl groups excluding tert-OH is 1. The highest BCUT2D eigenvalue weighted by molar-refractivity contribution is 7.92. The van der Waals surface area contributed by atoms with Crippen molar-refractivity contribution < 1.29 is 22.3 Å². The van der Waals surface area contributed by atoms with Crippen LogP contribution >= 0.6 is 11.6 Å². The average molecular weight is 334 g/mol. The number of anilines is 1. The van der Waals surface area contributed by atoms with Crippen LogP contribution in [0.1, 0.15) is 5.56 Å². The van der Waals surface area contributed by atoms with Gasteiger partial charge in [0, 0.05) is 10.6 Å². The largest absolute Gasteiger partial charge is 0.392 e. The molecule has 2 aromatic carbocycles. The summed E-state index contributed by atoms with van der Waals surface area (Å²) < 4.78 is 52.8. The number of halogens is 3. The number of hydrogen-bond donors (Lipinski definition) is 2. The molecule has 0 aliphatic heterocycles. The van der Waals surface area contributed by atoms with E-state index in [0.29, 0.717) is 0 Å². The fourth-order valence-corrected chi connectivity index (χ4v) is 2.98. The summed E-state index contributed by atoms with van der Waals surface area (Å²) in [6.45, 7) is -0.638. The van der Waals surface area contributed by atoms with Gasteiger partial charge in [0.15, 0.2) is 0 Å². The van der Waals surface area contributed by atoms with Crippen LogP contribution in [0.2, 0.25) is 5.02 Å². The van der Waals surface area contributed by atoms with Crippen LogP contribution in [0.25, 0.3) is 0 Å². The van der Waals surface area contributed by atoms with Crippen molar-refractivity contribution in [1.82, 2.24) is 0 Å². The lowest BCUT2D eigenvalue weighted by Gasteiger charge is -2.10. The Hall–Kier alpha value is -1.70. The molecule has 0 unspecified atom stereocenters. The fraction of sp³-hybridized carbons (Fsp3) is 0.0769. The summed E-state index contributed by atoms with van der Waals surface area (Å²) in [6, 6.07) is 6.19. The number of benzene rings is 2. The van der Waals surface area contributed by atoms with Crippen molar-refractivity contribution >= 4 is 27.3 Å². The van der Waals surface area contributed by atoms with Crippen LogP contribution in [0.5, 0.6) is 0 Å². The molecule has 2 aromatic rings. The van der Waals surface area contributed by atoms with Crippen LogP contribution < -0.4 is 4.72 Å². The molecule has 2 N–H and O–H groups in total. The Kier molecular flexibility index (Phi) is 4.46. The fourth-order valence-electron chi connectivity index (χ4n) is 1.67. The Balaban J connectivity index is 2.38. The predicted molar refractivity (Wildman–Crippen MR) is 74.5 cm³/mol. The van der Waals surface area contributed by atoms with Crippen LogP contribution in [0, 0.1) is 11.6 Å². The highest BCUT2D eigenvalue weighted by Gasteiger charge is 2.17. The van der Waals surface area contributed by atoms with Gasteiger partial charge < -0.3 is 5.11 Å². The second kappa shape index (κ2) is 5.97. The second-order valence-corrected chi connectivity index (χ2v) is 6.29. The summed E-state index contributed by atoms with van der Waals surface area (Å²) in [6.07, 6.45) is 0. The van der Waals surface area contributed by atoms with E-state index in [1.807, 2.05) is 0 Å². The third-order valence-electron chi connectivity index (χ3n) is 2.61. The molecule has 0 aliphatic carbocycles. The van der Waals surface area contributed by atoms with Gasteiger partial charge in [-0.1, -0.05) is 11.6 Å². The molecule has 2 rings (SSSR count). The first-order valence-electron chi connectivity index (χ1n) is 5.70. The van der Waals surface area contributed by atoms with Gasteiger partial charge in [0.05, 0.1) is 17.2 Å². The molecule has 0 heterocycles. The zero-order valence-corrected chi connectivity index (χ0v) is 12.0. The van der Waals surface area contributed by atoms with Crippen molar-refractivity contribution in [3.8, 4) is 0 Å². The van der Waals surface area contributed by atoms with Gasteiger partial charge >= 0.3 is 0 Å². The number of sulfonamides is 1. The minimum absolute atomic E-state index is 0.0304. The first kappa shape index (κ1) is 15.7. The third-order valence-corrected chi connectivity index (χ3v) is 4.21. The van der Waals surface area contributed by atoms with E-state index < -0.39 is 28.3 Å². The van der Waals surface area contributed by atoms with Crippen molar-refractivity contribution in [2.45, 2.75) is 11.5 Å². The SMILES string of the molecule is O=S(=O)(Nc1cc(F)cc(Cl)c1)c1ccc(F)c(CO)c1. The lowest BCUT2D eigenvalue weighted by molar-refractivity contribution is 0.275. The Labute approximate surface area is 125 Å². The van der Waals surface area contributed by atoms with Gasteiger partial charge in [0.1, 0.15) is 11.6 Å². The summed E-state index contributed by atoms with van der Waals surface area (Å²) in [4.78, 5) is -0.256. The number of nitrogens with one attached hydrogen (secondary N) is 1. The number of aliphatic hydroxyl groups is 1. The van der Waals surface area contributed by atoms with Crippen LogP contribution in [0.3, 0.4) is 0 Å². The molecule has 0 amide bonds.